The fourth-order valence-corrected chi connectivity index (χ4v) is 3.86. The van der Waals surface area contributed by atoms with Gasteiger partial charge in [-0.3, -0.25) is 4.79 Å². The number of fused-ring (bicyclic) bond motifs is 1. The number of rotatable bonds is 2. The van der Waals surface area contributed by atoms with Crippen LogP contribution < -0.4 is 5.63 Å². The van der Waals surface area contributed by atoms with E-state index in [9.17, 15) is 9.59 Å². The van der Waals surface area contributed by atoms with Crippen molar-refractivity contribution in [1.82, 2.24) is 4.90 Å². The van der Waals surface area contributed by atoms with Gasteiger partial charge in [0.2, 0.25) is 0 Å². The Labute approximate surface area is 134 Å². The third-order valence-corrected chi connectivity index (χ3v) is 5.16. The van der Waals surface area contributed by atoms with E-state index in [0.717, 1.165) is 12.8 Å². The fraction of sp³-hybridized carbons (Fsp3) is 0.647. The summed E-state index contributed by atoms with van der Waals surface area (Å²) in [5, 5.41) is 0. The average molecular weight is 319 g/mol. The van der Waals surface area contributed by atoms with Crippen molar-refractivity contribution in [3.05, 3.63) is 33.4 Å². The quantitative estimate of drug-likeness (QED) is 0.826. The van der Waals surface area contributed by atoms with E-state index in [4.69, 9.17) is 13.9 Å². The van der Waals surface area contributed by atoms with Gasteiger partial charge in [0.15, 0.2) is 0 Å². The van der Waals surface area contributed by atoms with E-state index in [1.807, 2.05) is 0 Å². The maximum Gasteiger partial charge on any atom is 0.349 e. The van der Waals surface area contributed by atoms with Gasteiger partial charge in [-0.2, -0.15) is 0 Å². The summed E-state index contributed by atoms with van der Waals surface area (Å²) in [6, 6.07) is 1.78. The van der Waals surface area contributed by atoms with E-state index in [1.165, 1.54) is 0 Å². The van der Waals surface area contributed by atoms with Crippen LogP contribution in [0.1, 0.15) is 40.6 Å². The Kier molecular flexibility index (Phi) is 3.73. The summed E-state index contributed by atoms with van der Waals surface area (Å²) in [4.78, 5) is 26.9. The van der Waals surface area contributed by atoms with Gasteiger partial charge in [0, 0.05) is 31.5 Å². The molecule has 0 saturated carbocycles. The van der Waals surface area contributed by atoms with Gasteiger partial charge in [-0.1, -0.05) is 0 Å². The molecule has 0 spiro atoms. The van der Waals surface area contributed by atoms with Gasteiger partial charge in [-0.15, -0.1) is 0 Å². The van der Waals surface area contributed by atoms with E-state index in [-0.39, 0.29) is 17.6 Å². The number of carbonyl (C=O) groups is 1. The summed E-state index contributed by atoms with van der Waals surface area (Å²) in [5.74, 6) is 1.12. The summed E-state index contributed by atoms with van der Waals surface area (Å²) < 4.78 is 16.4. The van der Waals surface area contributed by atoms with Crippen LogP contribution in [0.2, 0.25) is 0 Å². The summed E-state index contributed by atoms with van der Waals surface area (Å²) in [5.41, 5.74) is 0.284. The molecule has 3 aliphatic heterocycles. The largest absolute Gasteiger partial charge is 0.424 e. The second-order valence-electron chi connectivity index (χ2n) is 6.76. The van der Waals surface area contributed by atoms with E-state index in [1.54, 1.807) is 17.9 Å². The van der Waals surface area contributed by atoms with Crippen LogP contribution in [0.3, 0.4) is 0 Å². The lowest BCUT2D eigenvalue weighted by Crippen LogP contribution is -2.34. The van der Waals surface area contributed by atoms with Crippen LogP contribution in [-0.2, 0) is 9.47 Å². The Balaban J connectivity index is 1.58. The lowest BCUT2D eigenvalue weighted by atomic mass is 10.0. The van der Waals surface area contributed by atoms with Crippen LogP contribution in [0.4, 0.5) is 0 Å². The lowest BCUT2D eigenvalue weighted by molar-refractivity contribution is 0.0736. The van der Waals surface area contributed by atoms with Crippen LogP contribution in [-0.4, -0.2) is 43.7 Å². The topological polar surface area (TPSA) is 69.0 Å². The Bertz CT molecular complexity index is 664. The number of ether oxygens (including phenoxy) is 2. The van der Waals surface area contributed by atoms with Crippen molar-refractivity contribution in [3.63, 3.8) is 0 Å². The van der Waals surface area contributed by atoms with Crippen LogP contribution in [0.5, 0.6) is 0 Å². The first kappa shape index (κ1) is 14.9. The van der Waals surface area contributed by atoms with Crippen molar-refractivity contribution in [1.29, 1.82) is 0 Å². The summed E-state index contributed by atoms with van der Waals surface area (Å²) in [7, 11) is 0. The predicted octanol–water partition coefficient (Wildman–Crippen LogP) is 1.52. The first-order chi connectivity index (χ1) is 11.1. The molecular formula is C17H21NO5. The minimum absolute atomic E-state index is 0.158. The van der Waals surface area contributed by atoms with Gasteiger partial charge in [-0.25, -0.2) is 4.79 Å². The molecule has 1 aromatic heterocycles. The van der Waals surface area contributed by atoms with Crippen molar-refractivity contribution >= 4 is 5.91 Å². The third-order valence-electron chi connectivity index (χ3n) is 5.16. The van der Waals surface area contributed by atoms with Gasteiger partial charge in [0.1, 0.15) is 17.4 Å². The van der Waals surface area contributed by atoms with Crippen molar-refractivity contribution in [2.45, 2.75) is 25.9 Å². The highest BCUT2D eigenvalue weighted by molar-refractivity contribution is 5.95. The minimum Gasteiger partial charge on any atom is -0.424 e. The number of amides is 1. The Morgan fingerprint density at radius 2 is 2.00 bits per heavy atom. The second-order valence-corrected chi connectivity index (χ2v) is 6.76. The molecule has 3 atom stereocenters. The molecule has 3 fully saturated rings. The Hall–Kier alpha value is -1.66. The van der Waals surface area contributed by atoms with E-state index < -0.39 is 5.63 Å². The molecule has 4 rings (SSSR count). The zero-order valence-corrected chi connectivity index (χ0v) is 13.2. The van der Waals surface area contributed by atoms with Crippen molar-refractivity contribution in [2.24, 2.45) is 11.8 Å². The number of likely N-dealkylation sites (tertiary alicyclic amines) is 1. The molecule has 3 saturated heterocycles. The first-order valence-electron chi connectivity index (χ1n) is 8.26. The SMILES string of the molecule is Cc1cc(C2CCCO2)oc(=O)c1C(=O)N1C[C@H]2COC[C@H]2C1. The molecule has 124 valence electrons. The van der Waals surface area contributed by atoms with Gasteiger partial charge in [0.25, 0.3) is 5.91 Å². The molecule has 1 aromatic rings. The number of hydrogen-bond acceptors (Lipinski definition) is 5. The highest BCUT2D eigenvalue weighted by Gasteiger charge is 2.40. The molecule has 4 heterocycles. The fourth-order valence-electron chi connectivity index (χ4n) is 3.86. The zero-order chi connectivity index (χ0) is 16.0. The van der Waals surface area contributed by atoms with Crippen molar-refractivity contribution < 1.29 is 18.7 Å². The molecule has 3 aliphatic rings. The summed E-state index contributed by atoms with van der Waals surface area (Å²) >= 11 is 0. The number of aryl methyl sites for hydroxylation is 1. The monoisotopic (exact) mass is 319 g/mol. The maximum absolute atomic E-state index is 12.7. The Morgan fingerprint density at radius 3 is 2.61 bits per heavy atom. The van der Waals surface area contributed by atoms with Crippen molar-refractivity contribution in [2.75, 3.05) is 32.9 Å². The van der Waals surface area contributed by atoms with E-state index >= 15 is 0 Å². The third kappa shape index (κ3) is 2.60. The molecule has 0 aromatic carbocycles. The molecule has 6 nitrogen and oxygen atoms in total. The van der Waals surface area contributed by atoms with Crippen LogP contribution in [0.15, 0.2) is 15.3 Å². The second kappa shape index (κ2) is 5.76. The number of nitrogens with zero attached hydrogens (tertiary/aromatic N) is 1. The predicted molar refractivity (Wildman–Crippen MR) is 81.3 cm³/mol. The normalized spacial score (nSPS) is 30.0. The summed E-state index contributed by atoms with van der Waals surface area (Å²) in [6.07, 6.45) is 1.66. The van der Waals surface area contributed by atoms with Crippen LogP contribution >= 0.6 is 0 Å². The molecule has 0 radical (unpaired) electrons. The van der Waals surface area contributed by atoms with E-state index in [2.05, 4.69) is 0 Å². The molecular weight excluding hydrogens is 298 g/mol. The zero-order valence-electron chi connectivity index (χ0n) is 13.2. The van der Waals surface area contributed by atoms with Gasteiger partial charge in [-0.05, 0) is 31.4 Å². The maximum atomic E-state index is 12.7. The minimum atomic E-state index is -0.547. The molecule has 23 heavy (non-hydrogen) atoms. The molecule has 0 aliphatic carbocycles. The van der Waals surface area contributed by atoms with Crippen molar-refractivity contribution in [3.8, 4) is 0 Å². The first-order valence-corrected chi connectivity index (χ1v) is 8.26. The van der Waals surface area contributed by atoms with Gasteiger partial charge in [0.05, 0.1) is 13.2 Å². The molecule has 6 heteroatoms. The standard InChI is InChI=1S/C17H21NO5/c1-10-5-14(13-3-2-4-22-13)23-17(20)15(10)16(19)18-6-11-8-21-9-12(11)7-18/h5,11-13H,2-4,6-9H2,1H3/t11-,12+,13?. The van der Waals surface area contributed by atoms with E-state index in [0.29, 0.717) is 56.1 Å². The highest BCUT2D eigenvalue weighted by Crippen LogP contribution is 2.31. The molecule has 0 bridgehead atoms. The Morgan fingerprint density at radius 1 is 1.26 bits per heavy atom. The molecule has 0 N–H and O–H groups in total. The van der Waals surface area contributed by atoms with Gasteiger partial charge < -0.3 is 18.8 Å². The summed E-state index contributed by atoms with van der Waals surface area (Å²) in [6.45, 7) is 5.22. The lowest BCUT2D eigenvalue weighted by Gasteiger charge is -2.18. The van der Waals surface area contributed by atoms with Gasteiger partial charge >= 0.3 is 5.63 Å². The smallest absolute Gasteiger partial charge is 0.349 e. The van der Waals surface area contributed by atoms with Crippen LogP contribution in [0, 0.1) is 18.8 Å². The average Bonchev–Trinajstić information content (AvgIpc) is 3.23. The molecule has 1 amide bonds. The highest BCUT2D eigenvalue weighted by atomic mass is 16.5. The molecule has 1 unspecified atom stereocenters. The number of carbonyl (C=O) groups excluding carboxylic acids is 1. The number of hydrogen-bond donors (Lipinski definition) is 0. The van der Waals surface area contributed by atoms with Crippen LogP contribution in [0.25, 0.3) is 0 Å².